The second kappa shape index (κ2) is 2.24. The first-order chi connectivity index (χ1) is 5.29. The molecule has 0 unspecified atom stereocenters. The van der Waals surface area contributed by atoms with Gasteiger partial charge < -0.3 is 5.11 Å². The van der Waals surface area contributed by atoms with E-state index in [0.29, 0.717) is 6.92 Å². The van der Waals surface area contributed by atoms with E-state index in [9.17, 15) is 18.4 Å². The summed E-state index contributed by atoms with van der Waals surface area (Å²) in [5, 5.41) is 8.50. The highest BCUT2D eigenvalue weighted by Gasteiger charge is 2.63. The summed E-state index contributed by atoms with van der Waals surface area (Å²) in [6.45, 7) is 0.535. The molecule has 12 heavy (non-hydrogen) atoms. The van der Waals surface area contributed by atoms with Crippen LogP contribution in [0.15, 0.2) is 0 Å². The SMILES string of the molecule is CC(F)(F)C1(C(=O)O)CC(=O)C1. The fraction of sp³-hybridized carbons (Fsp3) is 0.714. The second-order valence-corrected chi connectivity index (χ2v) is 3.17. The van der Waals surface area contributed by atoms with E-state index in [4.69, 9.17) is 5.11 Å². The molecule has 0 heterocycles. The van der Waals surface area contributed by atoms with Gasteiger partial charge in [0.25, 0.3) is 5.92 Å². The first-order valence-electron chi connectivity index (χ1n) is 3.42. The van der Waals surface area contributed by atoms with Crippen molar-refractivity contribution in [3.63, 3.8) is 0 Å². The van der Waals surface area contributed by atoms with Crippen molar-refractivity contribution in [1.82, 2.24) is 0 Å². The summed E-state index contributed by atoms with van der Waals surface area (Å²) < 4.78 is 25.4. The van der Waals surface area contributed by atoms with Crippen LogP contribution >= 0.6 is 0 Å². The predicted octanol–water partition coefficient (Wildman–Crippen LogP) is 1.08. The number of carboxylic acids is 1. The van der Waals surface area contributed by atoms with E-state index in [2.05, 4.69) is 0 Å². The molecule has 0 aromatic rings. The first-order valence-corrected chi connectivity index (χ1v) is 3.42. The van der Waals surface area contributed by atoms with Gasteiger partial charge in [-0.25, -0.2) is 8.78 Å². The summed E-state index contributed by atoms with van der Waals surface area (Å²) in [5.74, 6) is -5.33. The van der Waals surface area contributed by atoms with E-state index in [0.717, 1.165) is 0 Å². The van der Waals surface area contributed by atoms with Crippen LogP contribution in [0.1, 0.15) is 19.8 Å². The third-order valence-electron chi connectivity index (χ3n) is 2.25. The van der Waals surface area contributed by atoms with E-state index < -0.39 is 35.9 Å². The molecule has 68 valence electrons. The Morgan fingerprint density at radius 1 is 1.58 bits per heavy atom. The smallest absolute Gasteiger partial charge is 0.316 e. The van der Waals surface area contributed by atoms with Crippen LogP contribution in [0.25, 0.3) is 0 Å². The summed E-state index contributed by atoms with van der Waals surface area (Å²) in [4.78, 5) is 20.9. The zero-order chi connectivity index (χ0) is 9.57. The second-order valence-electron chi connectivity index (χ2n) is 3.17. The molecule has 5 heteroatoms. The molecule has 1 saturated carbocycles. The van der Waals surface area contributed by atoms with Gasteiger partial charge >= 0.3 is 5.97 Å². The van der Waals surface area contributed by atoms with Gasteiger partial charge in [0, 0.05) is 19.8 Å². The van der Waals surface area contributed by atoms with E-state index in [1.165, 1.54) is 0 Å². The minimum absolute atomic E-state index is 0.418. The largest absolute Gasteiger partial charge is 0.481 e. The number of Topliss-reactive ketones (excluding diaryl/α,β-unsaturated/α-hetero) is 1. The third-order valence-corrected chi connectivity index (χ3v) is 2.25. The van der Waals surface area contributed by atoms with Gasteiger partial charge in [0.15, 0.2) is 0 Å². The van der Waals surface area contributed by atoms with Crippen LogP contribution in [0.4, 0.5) is 8.78 Å². The van der Waals surface area contributed by atoms with Crippen LogP contribution < -0.4 is 0 Å². The molecule has 1 aliphatic rings. The van der Waals surface area contributed by atoms with Gasteiger partial charge in [-0.2, -0.15) is 0 Å². The lowest BCUT2D eigenvalue weighted by Gasteiger charge is -2.40. The molecule has 0 spiro atoms. The lowest BCUT2D eigenvalue weighted by atomic mass is 9.64. The molecule has 0 radical (unpaired) electrons. The maximum Gasteiger partial charge on any atom is 0.316 e. The van der Waals surface area contributed by atoms with Crippen LogP contribution in [-0.2, 0) is 9.59 Å². The topological polar surface area (TPSA) is 54.4 Å². The molecule has 0 aliphatic heterocycles. The van der Waals surface area contributed by atoms with Crippen molar-refractivity contribution in [1.29, 1.82) is 0 Å². The first kappa shape index (κ1) is 9.09. The molecule has 0 saturated heterocycles. The molecule has 1 aliphatic carbocycles. The molecule has 0 atom stereocenters. The maximum atomic E-state index is 12.7. The zero-order valence-corrected chi connectivity index (χ0v) is 6.43. The number of alkyl halides is 2. The quantitative estimate of drug-likeness (QED) is 0.688. The van der Waals surface area contributed by atoms with E-state index in [1.807, 2.05) is 0 Å². The summed E-state index contributed by atoms with van der Waals surface area (Å²) in [6.07, 6.45) is -1.10. The molecule has 1 rings (SSSR count). The van der Waals surface area contributed by atoms with E-state index in [1.54, 1.807) is 0 Å². The molecule has 1 N–H and O–H groups in total. The van der Waals surface area contributed by atoms with Crippen LogP contribution in [-0.4, -0.2) is 22.8 Å². The Kier molecular flexibility index (Phi) is 1.70. The number of hydrogen-bond acceptors (Lipinski definition) is 2. The van der Waals surface area contributed by atoms with Gasteiger partial charge in [-0.15, -0.1) is 0 Å². The molecule has 0 amide bonds. The molecular formula is C7H8F2O3. The lowest BCUT2D eigenvalue weighted by Crippen LogP contribution is -2.55. The highest BCUT2D eigenvalue weighted by atomic mass is 19.3. The molecule has 0 bridgehead atoms. The average molecular weight is 178 g/mol. The van der Waals surface area contributed by atoms with Gasteiger partial charge in [-0.3, -0.25) is 9.59 Å². The summed E-state index contributed by atoms with van der Waals surface area (Å²) >= 11 is 0. The van der Waals surface area contributed by atoms with Crippen molar-refractivity contribution in [3.8, 4) is 0 Å². The zero-order valence-electron chi connectivity index (χ0n) is 6.43. The Bertz CT molecular complexity index is 234. The molecular weight excluding hydrogens is 170 g/mol. The Labute approximate surface area is 67.4 Å². The Morgan fingerprint density at radius 3 is 2.08 bits per heavy atom. The number of halogens is 2. The van der Waals surface area contributed by atoms with Crippen LogP contribution in [0.5, 0.6) is 0 Å². The number of ketones is 1. The molecule has 0 aromatic heterocycles. The molecule has 1 fully saturated rings. The number of rotatable bonds is 2. The normalized spacial score (nSPS) is 21.8. The van der Waals surface area contributed by atoms with Crippen molar-refractivity contribution < 1.29 is 23.5 Å². The third kappa shape index (κ3) is 1.00. The average Bonchev–Trinajstić information content (AvgIpc) is 1.76. The fourth-order valence-corrected chi connectivity index (χ4v) is 1.27. The lowest BCUT2D eigenvalue weighted by molar-refractivity contribution is -0.193. The van der Waals surface area contributed by atoms with Gasteiger partial charge in [0.2, 0.25) is 0 Å². The molecule has 3 nitrogen and oxygen atoms in total. The Hall–Kier alpha value is -1.00. The highest BCUT2D eigenvalue weighted by Crippen LogP contribution is 2.50. The van der Waals surface area contributed by atoms with Crippen LogP contribution in [0, 0.1) is 5.41 Å². The van der Waals surface area contributed by atoms with E-state index in [-0.39, 0.29) is 0 Å². The Balaban J connectivity index is 2.92. The minimum Gasteiger partial charge on any atom is -0.481 e. The Morgan fingerprint density at radius 2 is 2.00 bits per heavy atom. The van der Waals surface area contributed by atoms with Gasteiger partial charge in [-0.05, 0) is 0 Å². The van der Waals surface area contributed by atoms with Crippen molar-refractivity contribution in [2.24, 2.45) is 5.41 Å². The molecule has 0 aromatic carbocycles. The van der Waals surface area contributed by atoms with Gasteiger partial charge in [0.1, 0.15) is 11.2 Å². The monoisotopic (exact) mass is 178 g/mol. The van der Waals surface area contributed by atoms with Crippen molar-refractivity contribution in [2.45, 2.75) is 25.7 Å². The number of carbonyl (C=O) groups is 2. The highest BCUT2D eigenvalue weighted by molar-refractivity contribution is 5.97. The number of aliphatic carboxylic acids is 1. The number of carbonyl (C=O) groups excluding carboxylic acids is 1. The fourth-order valence-electron chi connectivity index (χ4n) is 1.27. The van der Waals surface area contributed by atoms with Gasteiger partial charge in [0.05, 0.1) is 0 Å². The number of carboxylic acid groups (broad SMARTS) is 1. The van der Waals surface area contributed by atoms with E-state index >= 15 is 0 Å². The van der Waals surface area contributed by atoms with Gasteiger partial charge in [-0.1, -0.05) is 0 Å². The van der Waals surface area contributed by atoms with Crippen LogP contribution in [0.2, 0.25) is 0 Å². The van der Waals surface area contributed by atoms with Crippen molar-refractivity contribution >= 4 is 11.8 Å². The van der Waals surface area contributed by atoms with Crippen molar-refractivity contribution in [3.05, 3.63) is 0 Å². The summed E-state index contributed by atoms with van der Waals surface area (Å²) in [5.41, 5.74) is -2.13. The summed E-state index contributed by atoms with van der Waals surface area (Å²) in [6, 6.07) is 0. The number of hydrogen-bond donors (Lipinski definition) is 1. The standard InChI is InChI=1S/C7H8F2O3/c1-6(8,9)7(5(11)12)2-4(10)3-7/h2-3H2,1H3,(H,11,12). The van der Waals surface area contributed by atoms with Crippen LogP contribution in [0.3, 0.4) is 0 Å². The van der Waals surface area contributed by atoms with Crippen molar-refractivity contribution in [2.75, 3.05) is 0 Å². The predicted molar refractivity (Wildman–Crippen MR) is 34.9 cm³/mol. The minimum atomic E-state index is -3.33. The maximum absolute atomic E-state index is 12.7. The summed E-state index contributed by atoms with van der Waals surface area (Å²) in [7, 11) is 0.